The fourth-order valence-electron chi connectivity index (χ4n) is 3.31. The van der Waals surface area contributed by atoms with Crippen LogP contribution in [0.5, 0.6) is 0 Å². The van der Waals surface area contributed by atoms with Gasteiger partial charge in [-0.3, -0.25) is 9.59 Å². The summed E-state index contributed by atoms with van der Waals surface area (Å²) in [6, 6.07) is 5.80. The van der Waals surface area contributed by atoms with Gasteiger partial charge in [-0.1, -0.05) is 19.3 Å². The van der Waals surface area contributed by atoms with E-state index in [-0.39, 0.29) is 24.4 Å². The van der Waals surface area contributed by atoms with E-state index in [1.165, 1.54) is 19.3 Å². The van der Waals surface area contributed by atoms with Gasteiger partial charge in [0.1, 0.15) is 0 Å². The summed E-state index contributed by atoms with van der Waals surface area (Å²) in [5, 5.41) is 9.11. The molecule has 6 heteroatoms. The maximum atomic E-state index is 12.4. The smallest absolute Gasteiger partial charge is 0.251 e. The maximum absolute atomic E-state index is 12.4. The minimum Gasteiger partial charge on any atom is -0.383 e. The van der Waals surface area contributed by atoms with E-state index < -0.39 is 0 Å². The van der Waals surface area contributed by atoms with Crippen molar-refractivity contribution in [1.82, 2.24) is 10.6 Å². The Hall–Kier alpha value is -2.08. The summed E-state index contributed by atoms with van der Waals surface area (Å²) in [5.41, 5.74) is 2.46. The van der Waals surface area contributed by atoms with Crippen molar-refractivity contribution in [2.75, 3.05) is 25.6 Å². The molecule has 1 aromatic carbocycles. The van der Waals surface area contributed by atoms with Gasteiger partial charge in [-0.05, 0) is 50.5 Å². The molecule has 1 aliphatic rings. The predicted octanol–water partition coefficient (Wildman–Crippen LogP) is 2.62. The lowest BCUT2D eigenvalue weighted by Gasteiger charge is -2.23. The number of methoxy groups -OCH3 is 1. The fourth-order valence-corrected chi connectivity index (χ4v) is 3.31. The minimum atomic E-state index is -0.0898. The minimum absolute atomic E-state index is 0.0160. The molecule has 0 spiro atoms. The number of carbonyl (C=O) groups is 2. The topological polar surface area (TPSA) is 79.5 Å². The van der Waals surface area contributed by atoms with Crippen molar-refractivity contribution >= 4 is 17.5 Å². The van der Waals surface area contributed by atoms with Crippen LogP contribution in [0.2, 0.25) is 0 Å². The van der Waals surface area contributed by atoms with Crippen LogP contribution in [0.3, 0.4) is 0 Å². The van der Waals surface area contributed by atoms with Crippen molar-refractivity contribution in [3.05, 3.63) is 29.3 Å². The summed E-state index contributed by atoms with van der Waals surface area (Å²) < 4.78 is 5.00. The van der Waals surface area contributed by atoms with Crippen molar-refractivity contribution in [2.24, 2.45) is 0 Å². The highest BCUT2D eigenvalue weighted by atomic mass is 16.5. The molecule has 26 heavy (non-hydrogen) atoms. The van der Waals surface area contributed by atoms with Gasteiger partial charge in [-0.15, -0.1) is 0 Å². The van der Waals surface area contributed by atoms with Crippen LogP contribution in [0.25, 0.3) is 0 Å². The summed E-state index contributed by atoms with van der Waals surface area (Å²) in [6.45, 7) is 4.50. The van der Waals surface area contributed by atoms with Crippen LogP contribution in [0.1, 0.15) is 54.9 Å². The van der Waals surface area contributed by atoms with Crippen LogP contribution >= 0.6 is 0 Å². The zero-order valence-electron chi connectivity index (χ0n) is 16.1. The first-order chi connectivity index (χ1) is 12.5. The Morgan fingerprint density at radius 3 is 2.62 bits per heavy atom. The number of rotatable bonds is 8. The molecule has 1 fully saturated rings. The van der Waals surface area contributed by atoms with Gasteiger partial charge in [-0.25, -0.2) is 0 Å². The second-order valence-corrected chi connectivity index (χ2v) is 7.12. The van der Waals surface area contributed by atoms with Gasteiger partial charge in [0.15, 0.2) is 0 Å². The van der Waals surface area contributed by atoms with Crippen LogP contribution in [0.15, 0.2) is 18.2 Å². The standard InChI is InChI=1S/C20H31N3O3/c1-14-11-16(20(25)23-17-7-5-4-6-8-17)9-10-18(14)21-12-19(24)22-15(2)13-26-3/h9-11,15,17,21H,4-8,12-13H2,1-3H3,(H,22,24)(H,23,25)/t15-/m1/s1. The number of aryl methyl sites for hydroxylation is 1. The second kappa shape index (κ2) is 10.2. The Balaban J connectivity index is 1.86. The number of hydrogen-bond donors (Lipinski definition) is 3. The lowest BCUT2D eigenvalue weighted by atomic mass is 9.95. The molecular formula is C20H31N3O3. The van der Waals surface area contributed by atoms with E-state index in [0.29, 0.717) is 18.2 Å². The molecule has 0 saturated heterocycles. The van der Waals surface area contributed by atoms with Crippen molar-refractivity contribution < 1.29 is 14.3 Å². The zero-order chi connectivity index (χ0) is 18.9. The number of nitrogens with one attached hydrogen (secondary N) is 3. The molecule has 6 nitrogen and oxygen atoms in total. The lowest BCUT2D eigenvalue weighted by Crippen LogP contribution is -2.39. The monoisotopic (exact) mass is 361 g/mol. The van der Waals surface area contributed by atoms with E-state index in [0.717, 1.165) is 24.1 Å². The highest BCUT2D eigenvalue weighted by Crippen LogP contribution is 2.19. The number of amides is 2. The zero-order valence-corrected chi connectivity index (χ0v) is 16.1. The van der Waals surface area contributed by atoms with E-state index >= 15 is 0 Å². The van der Waals surface area contributed by atoms with Crippen molar-refractivity contribution in [3.8, 4) is 0 Å². The number of benzene rings is 1. The van der Waals surface area contributed by atoms with Crippen LogP contribution < -0.4 is 16.0 Å². The van der Waals surface area contributed by atoms with Crippen LogP contribution in [0, 0.1) is 6.92 Å². The van der Waals surface area contributed by atoms with E-state index in [4.69, 9.17) is 4.74 Å². The van der Waals surface area contributed by atoms with Gasteiger partial charge >= 0.3 is 0 Å². The Kier molecular flexibility index (Phi) is 7.91. The SMILES string of the molecule is COC[C@@H](C)NC(=O)CNc1ccc(C(=O)NC2CCCCC2)cc1C. The van der Waals surface area contributed by atoms with E-state index in [1.807, 2.05) is 26.0 Å². The van der Waals surface area contributed by atoms with Gasteiger partial charge in [-0.2, -0.15) is 0 Å². The third-order valence-electron chi connectivity index (χ3n) is 4.69. The number of anilines is 1. The summed E-state index contributed by atoms with van der Waals surface area (Å²) >= 11 is 0. The number of carbonyl (C=O) groups excluding carboxylic acids is 2. The van der Waals surface area contributed by atoms with Gasteiger partial charge < -0.3 is 20.7 Å². The molecule has 0 bridgehead atoms. The quantitative estimate of drug-likeness (QED) is 0.665. The molecule has 2 rings (SSSR count). The molecule has 144 valence electrons. The van der Waals surface area contributed by atoms with Crippen LogP contribution in [0.4, 0.5) is 5.69 Å². The third-order valence-corrected chi connectivity index (χ3v) is 4.69. The molecule has 1 saturated carbocycles. The number of hydrogen-bond acceptors (Lipinski definition) is 4. The first-order valence-electron chi connectivity index (χ1n) is 9.43. The normalized spacial score (nSPS) is 16.0. The largest absolute Gasteiger partial charge is 0.383 e. The summed E-state index contributed by atoms with van der Waals surface area (Å²) in [7, 11) is 1.61. The van der Waals surface area contributed by atoms with Crippen molar-refractivity contribution in [1.29, 1.82) is 0 Å². The molecule has 1 atom stereocenters. The van der Waals surface area contributed by atoms with E-state index in [2.05, 4.69) is 16.0 Å². The Morgan fingerprint density at radius 1 is 1.23 bits per heavy atom. The summed E-state index contributed by atoms with van der Waals surface area (Å²) in [4.78, 5) is 24.3. The highest BCUT2D eigenvalue weighted by molar-refractivity contribution is 5.95. The molecule has 3 N–H and O–H groups in total. The summed E-state index contributed by atoms with van der Waals surface area (Å²) in [5.74, 6) is -0.106. The highest BCUT2D eigenvalue weighted by Gasteiger charge is 2.17. The average Bonchev–Trinajstić information content (AvgIpc) is 2.61. The van der Waals surface area contributed by atoms with Gasteiger partial charge in [0, 0.05) is 30.4 Å². The first kappa shape index (κ1) is 20.2. The van der Waals surface area contributed by atoms with E-state index in [9.17, 15) is 9.59 Å². The average molecular weight is 361 g/mol. The summed E-state index contributed by atoms with van der Waals surface area (Å²) in [6.07, 6.45) is 5.79. The Morgan fingerprint density at radius 2 is 1.96 bits per heavy atom. The molecule has 1 aliphatic carbocycles. The van der Waals surface area contributed by atoms with Gasteiger partial charge in [0.25, 0.3) is 5.91 Å². The van der Waals surface area contributed by atoms with E-state index in [1.54, 1.807) is 13.2 Å². The molecule has 0 radical (unpaired) electrons. The first-order valence-corrected chi connectivity index (χ1v) is 9.43. The fraction of sp³-hybridized carbons (Fsp3) is 0.600. The molecule has 2 amide bonds. The second-order valence-electron chi connectivity index (χ2n) is 7.12. The molecule has 0 aliphatic heterocycles. The molecule has 0 aromatic heterocycles. The molecule has 1 aromatic rings. The number of ether oxygens (including phenoxy) is 1. The van der Waals surface area contributed by atoms with Gasteiger partial charge in [0.2, 0.25) is 5.91 Å². The van der Waals surface area contributed by atoms with Crippen LogP contribution in [-0.4, -0.2) is 44.2 Å². The van der Waals surface area contributed by atoms with Crippen LogP contribution in [-0.2, 0) is 9.53 Å². The molecular weight excluding hydrogens is 330 g/mol. The van der Waals surface area contributed by atoms with Gasteiger partial charge in [0.05, 0.1) is 13.2 Å². The molecule has 0 unspecified atom stereocenters. The van der Waals surface area contributed by atoms with Crippen molar-refractivity contribution in [3.63, 3.8) is 0 Å². The molecule has 0 heterocycles. The maximum Gasteiger partial charge on any atom is 0.251 e. The predicted molar refractivity (Wildman–Crippen MR) is 103 cm³/mol. The lowest BCUT2D eigenvalue weighted by molar-refractivity contribution is -0.120. The van der Waals surface area contributed by atoms with Crippen molar-refractivity contribution in [2.45, 2.75) is 58.0 Å². The third kappa shape index (κ3) is 6.33. The Labute approximate surface area is 156 Å². The Bertz CT molecular complexity index is 612.